The molecule has 0 unspecified atom stereocenters. The number of fused-ring (bicyclic) bond motifs is 1. The minimum absolute atomic E-state index is 0.0711. The Labute approximate surface area is 138 Å². The Kier molecular flexibility index (Phi) is 3.39. The lowest BCUT2D eigenvalue weighted by Crippen LogP contribution is -2.00. The number of benzene rings is 2. The second-order valence-corrected chi connectivity index (χ2v) is 5.59. The van der Waals surface area contributed by atoms with Gasteiger partial charge in [-0.15, -0.1) is 0 Å². The van der Waals surface area contributed by atoms with Crippen LogP contribution in [0.3, 0.4) is 0 Å². The molecule has 24 heavy (non-hydrogen) atoms. The van der Waals surface area contributed by atoms with Gasteiger partial charge in [0.25, 0.3) is 0 Å². The van der Waals surface area contributed by atoms with Crippen molar-refractivity contribution in [1.29, 1.82) is 0 Å². The fourth-order valence-electron chi connectivity index (χ4n) is 2.72. The lowest BCUT2D eigenvalue weighted by atomic mass is 10.1. The largest absolute Gasteiger partial charge is 0.508 e. The van der Waals surface area contributed by atoms with E-state index in [4.69, 9.17) is 4.98 Å². The predicted octanol–water partition coefficient (Wildman–Crippen LogP) is 3.40. The van der Waals surface area contributed by atoms with Crippen molar-refractivity contribution < 1.29 is 10.2 Å². The van der Waals surface area contributed by atoms with Gasteiger partial charge in [0.05, 0.1) is 17.6 Å². The third-order valence-electron chi connectivity index (χ3n) is 3.92. The van der Waals surface area contributed by atoms with Crippen LogP contribution in [-0.4, -0.2) is 24.6 Å². The van der Waals surface area contributed by atoms with E-state index in [-0.39, 0.29) is 11.6 Å². The molecule has 0 aliphatic carbocycles. The lowest BCUT2D eigenvalue weighted by Gasteiger charge is -2.08. The summed E-state index contributed by atoms with van der Waals surface area (Å²) in [6, 6.07) is 16.8. The van der Waals surface area contributed by atoms with Gasteiger partial charge < -0.3 is 10.2 Å². The molecule has 4 aromatic rings. The average Bonchev–Trinajstić information content (AvgIpc) is 2.98. The van der Waals surface area contributed by atoms with Crippen molar-refractivity contribution in [3.8, 4) is 22.9 Å². The smallest absolute Gasteiger partial charge is 0.215 e. The van der Waals surface area contributed by atoms with Crippen LogP contribution in [0, 0.1) is 0 Å². The lowest BCUT2D eigenvalue weighted by molar-refractivity contribution is 0.448. The number of phenolic OH excluding ortho intramolecular Hbond substituents is 1. The quantitative estimate of drug-likeness (QED) is 0.607. The van der Waals surface area contributed by atoms with Crippen molar-refractivity contribution in [2.24, 2.45) is 0 Å². The molecule has 4 rings (SSSR count). The van der Waals surface area contributed by atoms with Crippen molar-refractivity contribution in [2.75, 3.05) is 0 Å². The van der Waals surface area contributed by atoms with Crippen molar-refractivity contribution >= 4 is 5.65 Å². The van der Waals surface area contributed by atoms with Crippen molar-refractivity contribution in [3.63, 3.8) is 0 Å². The molecule has 0 atom stereocenters. The summed E-state index contributed by atoms with van der Waals surface area (Å²) in [4.78, 5) is 9.01. The Bertz CT molecular complexity index is 992. The second kappa shape index (κ2) is 5.70. The number of phenols is 1. The molecule has 2 aromatic carbocycles. The van der Waals surface area contributed by atoms with Crippen LogP contribution in [0.4, 0.5) is 0 Å². The molecule has 0 amide bonds. The normalized spacial score (nSPS) is 11.0. The van der Waals surface area contributed by atoms with E-state index in [0.717, 1.165) is 16.8 Å². The highest BCUT2D eigenvalue weighted by Gasteiger charge is 2.12. The highest BCUT2D eigenvalue weighted by molar-refractivity contribution is 5.63. The first-order valence-electron chi connectivity index (χ1n) is 7.60. The molecule has 2 N–H and O–H groups in total. The predicted molar refractivity (Wildman–Crippen MR) is 91.0 cm³/mol. The van der Waals surface area contributed by atoms with E-state index in [9.17, 15) is 10.2 Å². The molecule has 0 aliphatic heterocycles. The Morgan fingerprint density at radius 1 is 0.917 bits per heavy atom. The number of aromatic nitrogens is 3. The Hall–Kier alpha value is -3.34. The van der Waals surface area contributed by atoms with E-state index in [0.29, 0.717) is 17.8 Å². The first kappa shape index (κ1) is 14.3. The monoisotopic (exact) mass is 317 g/mol. The van der Waals surface area contributed by atoms with Crippen LogP contribution < -0.4 is 0 Å². The third-order valence-corrected chi connectivity index (χ3v) is 3.92. The van der Waals surface area contributed by atoms with Gasteiger partial charge in [0, 0.05) is 18.2 Å². The fraction of sp³-hybridized carbons (Fsp3) is 0.0526. The second-order valence-electron chi connectivity index (χ2n) is 5.59. The molecular formula is C19H15N3O2. The maximum absolute atomic E-state index is 10.0. The maximum Gasteiger partial charge on any atom is 0.215 e. The zero-order valence-electron chi connectivity index (χ0n) is 12.8. The number of hydrogen-bond acceptors (Lipinski definition) is 4. The summed E-state index contributed by atoms with van der Waals surface area (Å²) in [6.07, 6.45) is 3.79. The Morgan fingerprint density at radius 2 is 1.67 bits per heavy atom. The van der Waals surface area contributed by atoms with Crippen LogP contribution in [0.25, 0.3) is 16.9 Å². The molecule has 2 heterocycles. The van der Waals surface area contributed by atoms with Crippen molar-refractivity contribution in [2.45, 2.75) is 6.42 Å². The number of aromatic hydroxyl groups is 2. The van der Waals surface area contributed by atoms with Gasteiger partial charge >= 0.3 is 0 Å². The molecule has 0 bridgehead atoms. The van der Waals surface area contributed by atoms with Crippen molar-refractivity contribution in [3.05, 3.63) is 78.2 Å². The molecule has 5 nitrogen and oxygen atoms in total. The molecular weight excluding hydrogens is 302 g/mol. The van der Waals surface area contributed by atoms with Crippen LogP contribution in [0.15, 0.2) is 67.0 Å². The van der Waals surface area contributed by atoms with Crippen LogP contribution in [0.5, 0.6) is 11.6 Å². The van der Waals surface area contributed by atoms with E-state index in [1.54, 1.807) is 34.9 Å². The number of imidazole rings is 1. The molecule has 0 radical (unpaired) electrons. The highest BCUT2D eigenvalue weighted by Crippen LogP contribution is 2.25. The van der Waals surface area contributed by atoms with Gasteiger partial charge in [-0.2, -0.15) is 0 Å². The number of rotatable bonds is 3. The van der Waals surface area contributed by atoms with Crippen LogP contribution in [-0.2, 0) is 6.42 Å². The SMILES string of the molecule is Oc1ccc(-c2cn3c(O)cnc3c(Cc3ccccc3)n2)cc1. The molecule has 0 fully saturated rings. The van der Waals surface area contributed by atoms with Gasteiger partial charge in [-0.3, -0.25) is 4.40 Å². The summed E-state index contributed by atoms with van der Waals surface area (Å²) in [7, 11) is 0. The minimum Gasteiger partial charge on any atom is -0.508 e. The first-order valence-corrected chi connectivity index (χ1v) is 7.60. The number of hydrogen-bond donors (Lipinski definition) is 2. The molecule has 118 valence electrons. The molecule has 5 heteroatoms. The maximum atomic E-state index is 10.0. The summed E-state index contributed by atoms with van der Waals surface area (Å²) >= 11 is 0. The minimum atomic E-state index is 0.0711. The van der Waals surface area contributed by atoms with Crippen molar-refractivity contribution in [1.82, 2.24) is 14.4 Å². The van der Waals surface area contributed by atoms with Gasteiger partial charge in [-0.05, 0) is 29.8 Å². The van der Waals surface area contributed by atoms with Gasteiger partial charge in [0.15, 0.2) is 5.65 Å². The van der Waals surface area contributed by atoms with E-state index in [2.05, 4.69) is 4.98 Å². The van der Waals surface area contributed by atoms with Crippen LogP contribution >= 0.6 is 0 Å². The average molecular weight is 317 g/mol. The molecule has 2 aromatic heterocycles. The van der Waals surface area contributed by atoms with E-state index < -0.39 is 0 Å². The zero-order chi connectivity index (χ0) is 16.5. The topological polar surface area (TPSA) is 70.7 Å². The third kappa shape index (κ3) is 2.56. The van der Waals surface area contributed by atoms with E-state index in [1.165, 1.54) is 6.20 Å². The molecule has 0 aliphatic rings. The summed E-state index contributed by atoms with van der Waals surface area (Å²) in [5, 5.41) is 19.5. The first-order chi connectivity index (χ1) is 11.7. The highest BCUT2D eigenvalue weighted by atomic mass is 16.3. The van der Waals surface area contributed by atoms with Gasteiger partial charge in [0.1, 0.15) is 5.75 Å². The summed E-state index contributed by atoms with van der Waals surface area (Å²) in [5.41, 5.74) is 4.11. The van der Waals surface area contributed by atoms with Crippen LogP contribution in [0.1, 0.15) is 11.3 Å². The number of nitrogens with zero attached hydrogens (tertiary/aromatic N) is 3. The Morgan fingerprint density at radius 3 is 2.42 bits per heavy atom. The van der Waals surface area contributed by atoms with Crippen LogP contribution in [0.2, 0.25) is 0 Å². The van der Waals surface area contributed by atoms with E-state index >= 15 is 0 Å². The Balaban J connectivity index is 1.86. The zero-order valence-corrected chi connectivity index (χ0v) is 12.8. The summed E-state index contributed by atoms with van der Waals surface area (Å²) in [5.74, 6) is 0.275. The fourth-order valence-corrected chi connectivity index (χ4v) is 2.72. The molecule has 0 saturated heterocycles. The standard InChI is InChI=1S/C19H15N3O2/c23-15-8-6-14(7-9-15)17-12-22-18(24)11-20-19(22)16(21-17)10-13-4-2-1-3-5-13/h1-9,11-12,23-24H,10H2. The van der Waals surface area contributed by atoms with Gasteiger partial charge in [-0.25, -0.2) is 9.97 Å². The molecule has 0 saturated carbocycles. The summed E-state index contributed by atoms with van der Waals surface area (Å²) in [6.45, 7) is 0. The summed E-state index contributed by atoms with van der Waals surface area (Å²) < 4.78 is 1.63. The van der Waals surface area contributed by atoms with Gasteiger partial charge in [-0.1, -0.05) is 30.3 Å². The van der Waals surface area contributed by atoms with Gasteiger partial charge in [0.2, 0.25) is 5.88 Å². The van der Waals surface area contributed by atoms with E-state index in [1.807, 2.05) is 30.3 Å². The molecule has 0 spiro atoms.